The normalized spacial score (nSPS) is 15.6. The van der Waals surface area contributed by atoms with Gasteiger partial charge in [-0.2, -0.15) is 0 Å². The molecular weight excluding hydrogens is 356 g/mol. The minimum atomic E-state index is -0.508. The number of hydrogen-bond donors (Lipinski definition) is 2. The highest BCUT2D eigenvalue weighted by molar-refractivity contribution is 5.97. The molecule has 28 heavy (non-hydrogen) atoms. The molecular formula is C21H26N4O3. The SMILES string of the molecule is CNC(=O)NC(=O)[C@H](c1ccccc1)N1CCN(c2cccc(OC)c2)CC1. The third kappa shape index (κ3) is 4.61. The highest BCUT2D eigenvalue weighted by Gasteiger charge is 2.31. The van der Waals surface area contributed by atoms with Crippen LogP contribution < -0.4 is 20.3 Å². The zero-order valence-electron chi connectivity index (χ0n) is 16.2. The van der Waals surface area contributed by atoms with Crippen LogP contribution in [0.3, 0.4) is 0 Å². The van der Waals surface area contributed by atoms with Gasteiger partial charge < -0.3 is 15.0 Å². The van der Waals surface area contributed by atoms with Crippen LogP contribution in [0, 0.1) is 0 Å². The first kappa shape index (κ1) is 19.7. The third-order valence-electron chi connectivity index (χ3n) is 4.93. The highest BCUT2D eigenvalue weighted by atomic mass is 16.5. The first-order valence-corrected chi connectivity index (χ1v) is 9.33. The maximum absolute atomic E-state index is 12.8. The molecule has 3 rings (SSSR count). The van der Waals surface area contributed by atoms with Gasteiger partial charge in [-0.3, -0.25) is 15.0 Å². The summed E-state index contributed by atoms with van der Waals surface area (Å²) in [6.45, 7) is 2.98. The zero-order valence-corrected chi connectivity index (χ0v) is 16.2. The molecule has 2 aromatic carbocycles. The van der Waals surface area contributed by atoms with E-state index in [9.17, 15) is 9.59 Å². The first-order valence-electron chi connectivity index (χ1n) is 9.33. The number of amides is 3. The Morgan fingerprint density at radius 3 is 2.36 bits per heavy atom. The summed E-state index contributed by atoms with van der Waals surface area (Å²) < 4.78 is 5.31. The van der Waals surface area contributed by atoms with E-state index in [1.807, 2.05) is 48.5 Å². The van der Waals surface area contributed by atoms with E-state index in [-0.39, 0.29) is 5.91 Å². The molecule has 0 aliphatic carbocycles. The predicted octanol–water partition coefficient (Wildman–Crippen LogP) is 2.01. The van der Waals surface area contributed by atoms with Crippen molar-refractivity contribution in [3.05, 3.63) is 60.2 Å². The van der Waals surface area contributed by atoms with Gasteiger partial charge in [-0.05, 0) is 17.7 Å². The number of methoxy groups -OCH3 is 1. The smallest absolute Gasteiger partial charge is 0.321 e. The number of ether oxygens (including phenoxy) is 1. The van der Waals surface area contributed by atoms with E-state index in [4.69, 9.17) is 4.74 Å². The Balaban J connectivity index is 1.73. The number of benzene rings is 2. The fraction of sp³-hybridized carbons (Fsp3) is 0.333. The van der Waals surface area contributed by atoms with Crippen molar-refractivity contribution in [2.45, 2.75) is 6.04 Å². The fourth-order valence-corrected chi connectivity index (χ4v) is 3.45. The molecule has 7 heteroatoms. The van der Waals surface area contributed by atoms with Gasteiger partial charge in [-0.15, -0.1) is 0 Å². The van der Waals surface area contributed by atoms with E-state index in [1.165, 1.54) is 7.05 Å². The van der Waals surface area contributed by atoms with Crippen molar-refractivity contribution in [3.63, 3.8) is 0 Å². The van der Waals surface area contributed by atoms with Crippen LogP contribution in [0.1, 0.15) is 11.6 Å². The number of carbonyl (C=O) groups is 2. The number of hydrogen-bond acceptors (Lipinski definition) is 5. The number of nitrogens with one attached hydrogen (secondary N) is 2. The molecule has 0 aromatic heterocycles. The number of carbonyl (C=O) groups excluding carboxylic acids is 2. The van der Waals surface area contributed by atoms with Gasteiger partial charge >= 0.3 is 6.03 Å². The molecule has 0 radical (unpaired) electrons. The Morgan fingerprint density at radius 1 is 1.00 bits per heavy atom. The predicted molar refractivity (Wildman–Crippen MR) is 109 cm³/mol. The fourth-order valence-electron chi connectivity index (χ4n) is 3.45. The lowest BCUT2D eigenvalue weighted by atomic mass is 10.0. The van der Waals surface area contributed by atoms with Crippen molar-refractivity contribution in [1.82, 2.24) is 15.5 Å². The number of piperazine rings is 1. The molecule has 3 amide bonds. The summed E-state index contributed by atoms with van der Waals surface area (Å²) in [4.78, 5) is 28.9. The van der Waals surface area contributed by atoms with E-state index in [0.29, 0.717) is 13.1 Å². The third-order valence-corrected chi connectivity index (χ3v) is 4.93. The average Bonchev–Trinajstić information content (AvgIpc) is 2.75. The lowest BCUT2D eigenvalue weighted by Gasteiger charge is -2.39. The van der Waals surface area contributed by atoms with Gasteiger partial charge in [0.2, 0.25) is 5.91 Å². The summed E-state index contributed by atoms with van der Waals surface area (Å²) in [7, 11) is 3.15. The molecule has 2 aromatic rings. The molecule has 1 saturated heterocycles. The molecule has 0 bridgehead atoms. The quantitative estimate of drug-likeness (QED) is 0.828. The van der Waals surface area contributed by atoms with Gasteiger partial charge in [0.1, 0.15) is 11.8 Å². The van der Waals surface area contributed by atoms with Crippen molar-refractivity contribution in [2.24, 2.45) is 0 Å². The van der Waals surface area contributed by atoms with Crippen LogP contribution in [-0.4, -0.2) is 57.2 Å². The van der Waals surface area contributed by atoms with Crippen LogP contribution in [0.25, 0.3) is 0 Å². The van der Waals surface area contributed by atoms with E-state index in [1.54, 1.807) is 7.11 Å². The minimum absolute atomic E-state index is 0.319. The van der Waals surface area contributed by atoms with Crippen molar-refractivity contribution in [1.29, 1.82) is 0 Å². The maximum atomic E-state index is 12.8. The van der Waals surface area contributed by atoms with Crippen molar-refractivity contribution >= 4 is 17.6 Å². The van der Waals surface area contributed by atoms with Crippen LogP contribution >= 0.6 is 0 Å². The summed E-state index contributed by atoms with van der Waals surface area (Å²) in [5, 5.41) is 4.86. The molecule has 0 unspecified atom stereocenters. The Morgan fingerprint density at radius 2 is 1.71 bits per heavy atom. The lowest BCUT2D eigenvalue weighted by Crippen LogP contribution is -2.52. The molecule has 1 aliphatic rings. The number of nitrogens with zero attached hydrogens (tertiary/aromatic N) is 2. The van der Waals surface area contributed by atoms with Gasteiger partial charge in [-0.25, -0.2) is 4.79 Å². The number of rotatable bonds is 5. The van der Waals surface area contributed by atoms with Crippen LogP contribution in [0.4, 0.5) is 10.5 Å². The second-order valence-electron chi connectivity index (χ2n) is 6.61. The molecule has 2 N–H and O–H groups in total. The van der Waals surface area contributed by atoms with E-state index >= 15 is 0 Å². The zero-order chi connectivity index (χ0) is 19.9. The molecule has 1 atom stereocenters. The van der Waals surface area contributed by atoms with E-state index in [2.05, 4.69) is 26.5 Å². The van der Waals surface area contributed by atoms with Gasteiger partial charge in [0.25, 0.3) is 0 Å². The lowest BCUT2D eigenvalue weighted by molar-refractivity contribution is -0.125. The Labute approximate surface area is 165 Å². The monoisotopic (exact) mass is 382 g/mol. The van der Waals surface area contributed by atoms with Gasteiger partial charge in [0.15, 0.2) is 0 Å². The van der Waals surface area contributed by atoms with Crippen molar-refractivity contribution in [3.8, 4) is 5.75 Å². The maximum Gasteiger partial charge on any atom is 0.321 e. The summed E-state index contributed by atoms with van der Waals surface area (Å²) in [5.41, 5.74) is 1.98. The second kappa shape index (κ2) is 9.23. The summed E-state index contributed by atoms with van der Waals surface area (Å²) >= 11 is 0. The summed E-state index contributed by atoms with van der Waals surface area (Å²) in [6.07, 6.45) is 0. The molecule has 1 heterocycles. The first-order chi connectivity index (χ1) is 13.6. The summed E-state index contributed by atoms with van der Waals surface area (Å²) in [6, 6.07) is 16.5. The van der Waals surface area contributed by atoms with Gasteiger partial charge in [0.05, 0.1) is 7.11 Å². The van der Waals surface area contributed by atoms with Gasteiger partial charge in [-0.1, -0.05) is 36.4 Å². The van der Waals surface area contributed by atoms with E-state index in [0.717, 1.165) is 30.1 Å². The summed E-state index contributed by atoms with van der Waals surface area (Å²) in [5.74, 6) is 0.507. The number of anilines is 1. The van der Waals surface area contributed by atoms with Crippen molar-refractivity contribution < 1.29 is 14.3 Å². The molecule has 1 fully saturated rings. The van der Waals surface area contributed by atoms with Crippen LogP contribution in [0.5, 0.6) is 5.75 Å². The molecule has 148 valence electrons. The van der Waals surface area contributed by atoms with Gasteiger partial charge in [0, 0.05) is 45.0 Å². The number of imide groups is 1. The second-order valence-corrected chi connectivity index (χ2v) is 6.61. The van der Waals surface area contributed by atoms with Crippen LogP contribution in [-0.2, 0) is 4.79 Å². The highest BCUT2D eigenvalue weighted by Crippen LogP contribution is 2.26. The van der Waals surface area contributed by atoms with Crippen molar-refractivity contribution in [2.75, 3.05) is 45.2 Å². The Hall–Kier alpha value is -3.06. The van der Waals surface area contributed by atoms with Crippen LogP contribution in [0.2, 0.25) is 0 Å². The molecule has 0 saturated carbocycles. The molecule has 1 aliphatic heterocycles. The minimum Gasteiger partial charge on any atom is -0.497 e. The van der Waals surface area contributed by atoms with Crippen LogP contribution in [0.15, 0.2) is 54.6 Å². The van der Waals surface area contributed by atoms with E-state index < -0.39 is 12.1 Å². The molecule has 0 spiro atoms. The number of urea groups is 1. The topological polar surface area (TPSA) is 73.9 Å². The average molecular weight is 382 g/mol. The Kier molecular flexibility index (Phi) is 6.49. The molecule has 7 nitrogen and oxygen atoms in total. The Bertz CT molecular complexity index is 804. The standard InChI is InChI=1S/C21H26N4O3/c1-22-21(27)23-20(26)19(16-7-4-3-5-8-16)25-13-11-24(12-14-25)17-9-6-10-18(15-17)28-2/h3-10,15,19H,11-14H2,1-2H3,(H2,22,23,26,27)/t19-/m0/s1. The largest absolute Gasteiger partial charge is 0.497 e.